The standard InChI is InChI=1S/C22H21ClN2O3/c1-15-5-7-17(8-6-15)22(26)14-21(16-9-11-18(23)12-10-16)24-19-3-2-4-20(13-19)25(27)28/h2-13,21-22,24,26H,14H2,1H3. The monoisotopic (exact) mass is 396 g/mol. The van der Waals surface area contributed by atoms with Crippen LogP contribution in [-0.4, -0.2) is 10.0 Å². The molecule has 2 unspecified atom stereocenters. The Morgan fingerprint density at radius 2 is 1.68 bits per heavy atom. The van der Waals surface area contributed by atoms with Gasteiger partial charge in [-0.1, -0.05) is 59.6 Å². The van der Waals surface area contributed by atoms with Crippen molar-refractivity contribution in [2.45, 2.75) is 25.5 Å². The van der Waals surface area contributed by atoms with E-state index in [0.717, 1.165) is 16.7 Å². The molecular formula is C22H21ClN2O3. The molecule has 0 saturated carbocycles. The van der Waals surface area contributed by atoms with E-state index in [2.05, 4.69) is 5.32 Å². The van der Waals surface area contributed by atoms with E-state index in [1.165, 1.54) is 12.1 Å². The number of benzene rings is 3. The number of non-ortho nitro benzene ring substituents is 1. The van der Waals surface area contributed by atoms with Crippen molar-refractivity contribution in [3.8, 4) is 0 Å². The molecule has 144 valence electrons. The molecule has 2 atom stereocenters. The zero-order valence-electron chi connectivity index (χ0n) is 15.4. The molecule has 3 rings (SSSR count). The fourth-order valence-electron chi connectivity index (χ4n) is 3.03. The van der Waals surface area contributed by atoms with E-state index in [9.17, 15) is 15.2 Å². The van der Waals surface area contributed by atoms with Gasteiger partial charge < -0.3 is 10.4 Å². The number of aryl methyl sites for hydroxylation is 1. The van der Waals surface area contributed by atoms with Gasteiger partial charge in [0, 0.05) is 29.3 Å². The van der Waals surface area contributed by atoms with E-state index >= 15 is 0 Å². The zero-order chi connectivity index (χ0) is 20.1. The van der Waals surface area contributed by atoms with Gasteiger partial charge >= 0.3 is 0 Å². The molecule has 0 aliphatic rings. The Labute approximate surface area is 168 Å². The van der Waals surface area contributed by atoms with Crippen molar-refractivity contribution < 1.29 is 10.0 Å². The topological polar surface area (TPSA) is 75.4 Å². The van der Waals surface area contributed by atoms with Crippen molar-refractivity contribution in [3.05, 3.63) is 105 Å². The second kappa shape index (κ2) is 8.87. The van der Waals surface area contributed by atoms with Crippen molar-refractivity contribution >= 4 is 23.0 Å². The molecule has 0 bridgehead atoms. The first-order valence-electron chi connectivity index (χ1n) is 8.93. The number of hydrogen-bond donors (Lipinski definition) is 2. The van der Waals surface area contributed by atoms with Crippen LogP contribution >= 0.6 is 11.6 Å². The Hall–Kier alpha value is -2.89. The molecule has 0 aliphatic carbocycles. The van der Waals surface area contributed by atoms with Crippen LogP contribution in [-0.2, 0) is 0 Å². The van der Waals surface area contributed by atoms with Crippen molar-refractivity contribution in [3.63, 3.8) is 0 Å². The summed E-state index contributed by atoms with van der Waals surface area (Å²) in [7, 11) is 0. The van der Waals surface area contributed by atoms with Gasteiger partial charge in [-0.15, -0.1) is 0 Å². The molecule has 3 aromatic carbocycles. The van der Waals surface area contributed by atoms with Crippen LogP contribution in [0.5, 0.6) is 0 Å². The summed E-state index contributed by atoms with van der Waals surface area (Å²) in [6.45, 7) is 2.00. The van der Waals surface area contributed by atoms with Gasteiger partial charge in [0.1, 0.15) is 0 Å². The van der Waals surface area contributed by atoms with Gasteiger partial charge in [0.2, 0.25) is 0 Å². The fraction of sp³-hybridized carbons (Fsp3) is 0.182. The second-order valence-electron chi connectivity index (χ2n) is 6.72. The molecule has 0 radical (unpaired) electrons. The summed E-state index contributed by atoms with van der Waals surface area (Å²) in [6.07, 6.45) is -0.291. The predicted molar refractivity (Wildman–Crippen MR) is 112 cm³/mol. The van der Waals surface area contributed by atoms with Gasteiger partial charge in [0.15, 0.2) is 0 Å². The highest BCUT2D eigenvalue weighted by Gasteiger charge is 2.19. The van der Waals surface area contributed by atoms with Crippen LogP contribution in [0.15, 0.2) is 72.8 Å². The first-order valence-corrected chi connectivity index (χ1v) is 9.31. The predicted octanol–water partition coefficient (Wildman–Crippen LogP) is 5.83. The van der Waals surface area contributed by atoms with Crippen LogP contribution in [0.2, 0.25) is 5.02 Å². The van der Waals surface area contributed by atoms with Gasteiger partial charge in [-0.2, -0.15) is 0 Å². The molecule has 0 aromatic heterocycles. The van der Waals surface area contributed by atoms with Crippen molar-refractivity contribution in [2.24, 2.45) is 0 Å². The Kier molecular flexibility index (Phi) is 6.29. The fourth-order valence-corrected chi connectivity index (χ4v) is 3.16. The van der Waals surface area contributed by atoms with Gasteiger partial charge in [0.05, 0.1) is 17.1 Å². The molecule has 0 aliphatic heterocycles. The maximum Gasteiger partial charge on any atom is 0.271 e. The maximum absolute atomic E-state index is 11.1. The molecule has 0 fully saturated rings. The van der Waals surface area contributed by atoms with Crippen LogP contribution < -0.4 is 5.32 Å². The first-order chi connectivity index (χ1) is 13.4. The van der Waals surface area contributed by atoms with Crippen molar-refractivity contribution in [1.82, 2.24) is 0 Å². The number of hydrogen-bond acceptors (Lipinski definition) is 4. The van der Waals surface area contributed by atoms with E-state index < -0.39 is 11.0 Å². The zero-order valence-corrected chi connectivity index (χ0v) is 16.1. The van der Waals surface area contributed by atoms with Crippen LogP contribution in [0, 0.1) is 17.0 Å². The van der Waals surface area contributed by atoms with E-state index in [4.69, 9.17) is 11.6 Å². The molecule has 28 heavy (non-hydrogen) atoms. The molecule has 0 spiro atoms. The third kappa shape index (κ3) is 5.09. The summed E-state index contributed by atoms with van der Waals surface area (Å²) >= 11 is 6.00. The lowest BCUT2D eigenvalue weighted by atomic mass is 9.96. The number of nitro benzene ring substituents is 1. The number of anilines is 1. The molecule has 0 heterocycles. The van der Waals surface area contributed by atoms with E-state index in [-0.39, 0.29) is 11.7 Å². The molecule has 6 heteroatoms. The van der Waals surface area contributed by atoms with E-state index in [0.29, 0.717) is 17.1 Å². The minimum absolute atomic E-state index is 0.0129. The highest BCUT2D eigenvalue weighted by molar-refractivity contribution is 6.30. The lowest BCUT2D eigenvalue weighted by Gasteiger charge is -2.23. The van der Waals surface area contributed by atoms with Crippen LogP contribution in [0.3, 0.4) is 0 Å². The second-order valence-corrected chi connectivity index (χ2v) is 7.15. The summed E-state index contributed by atoms with van der Waals surface area (Å²) in [5.74, 6) is 0. The third-order valence-electron chi connectivity index (χ3n) is 4.59. The molecule has 3 aromatic rings. The summed E-state index contributed by atoms with van der Waals surface area (Å²) in [6, 6.07) is 21.2. The Balaban J connectivity index is 1.86. The number of nitrogens with one attached hydrogen (secondary N) is 1. The lowest BCUT2D eigenvalue weighted by Crippen LogP contribution is -2.15. The van der Waals surface area contributed by atoms with Crippen LogP contribution in [0.1, 0.15) is 35.3 Å². The SMILES string of the molecule is Cc1ccc(C(O)CC(Nc2cccc([N+](=O)[O-])c2)c2ccc(Cl)cc2)cc1. The number of halogens is 1. The quantitative estimate of drug-likeness (QED) is 0.389. The largest absolute Gasteiger partial charge is 0.388 e. The maximum atomic E-state index is 11.1. The van der Waals surface area contributed by atoms with Crippen LogP contribution in [0.4, 0.5) is 11.4 Å². The number of nitro groups is 1. The summed E-state index contributed by atoms with van der Waals surface area (Å²) in [4.78, 5) is 10.6. The highest BCUT2D eigenvalue weighted by atomic mass is 35.5. The molecule has 0 amide bonds. The average Bonchev–Trinajstić information content (AvgIpc) is 2.68. The van der Waals surface area contributed by atoms with Gasteiger partial charge in [0.25, 0.3) is 5.69 Å². The highest BCUT2D eigenvalue weighted by Crippen LogP contribution is 2.31. The smallest absolute Gasteiger partial charge is 0.271 e. The minimum atomic E-state index is -0.688. The first kappa shape index (κ1) is 19.9. The Morgan fingerprint density at radius 1 is 1.04 bits per heavy atom. The third-order valence-corrected chi connectivity index (χ3v) is 4.84. The molecule has 0 saturated heterocycles. The number of aliphatic hydroxyl groups excluding tert-OH is 1. The number of aliphatic hydroxyl groups is 1. The lowest BCUT2D eigenvalue weighted by molar-refractivity contribution is -0.384. The van der Waals surface area contributed by atoms with Crippen molar-refractivity contribution in [2.75, 3.05) is 5.32 Å². The van der Waals surface area contributed by atoms with E-state index in [1.807, 2.05) is 43.3 Å². The van der Waals surface area contributed by atoms with Crippen LogP contribution in [0.25, 0.3) is 0 Å². The molecule has 5 nitrogen and oxygen atoms in total. The average molecular weight is 397 g/mol. The normalized spacial score (nSPS) is 13.0. The van der Waals surface area contributed by atoms with Gasteiger partial charge in [-0.3, -0.25) is 10.1 Å². The summed E-state index contributed by atoms with van der Waals surface area (Å²) < 4.78 is 0. The van der Waals surface area contributed by atoms with Crippen molar-refractivity contribution in [1.29, 1.82) is 0 Å². The number of nitrogens with zero attached hydrogens (tertiary/aromatic N) is 1. The van der Waals surface area contributed by atoms with E-state index in [1.54, 1.807) is 24.3 Å². The molecule has 2 N–H and O–H groups in total. The Morgan fingerprint density at radius 3 is 2.32 bits per heavy atom. The summed E-state index contributed by atoms with van der Waals surface area (Å²) in [5, 5.41) is 25.7. The molecular weight excluding hydrogens is 376 g/mol. The minimum Gasteiger partial charge on any atom is -0.388 e. The Bertz CT molecular complexity index is 943. The summed E-state index contributed by atoms with van der Waals surface area (Å²) in [5.41, 5.74) is 3.51. The van der Waals surface area contributed by atoms with Gasteiger partial charge in [-0.25, -0.2) is 0 Å². The number of rotatable bonds is 7. The van der Waals surface area contributed by atoms with Gasteiger partial charge in [-0.05, 0) is 36.2 Å².